The first kappa shape index (κ1) is 94.2. The zero-order chi connectivity index (χ0) is 78.2. The Bertz CT molecular complexity index is 3900. The van der Waals surface area contributed by atoms with Crippen molar-refractivity contribution in [2.45, 2.75) is 51.4 Å². The summed E-state index contributed by atoms with van der Waals surface area (Å²) in [5.41, 5.74) is 10.8. The second-order valence-corrected chi connectivity index (χ2v) is 24.5. The Hall–Kier alpha value is -11.1. The number of hydrogen-bond acceptors (Lipinski definition) is 16. The molecule has 0 spiro atoms. The van der Waals surface area contributed by atoms with E-state index in [1.54, 1.807) is 109 Å². The summed E-state index contributed by atoms with van der Waals surface area (Å²) in [7, 11) is 0. The summed E-state index contributed by atoms with van der Waals surface area (Å²) in [6.45, 7) is 8.00. The van der Waals surface area contributed by atoms with Gasteiger partial charge in [0.1, 0.15) is 0 Å². The van der Waals surface area contributed by atoms with E-state index < -0.39 is 35.8 Å². The molecule has 0 aliphatic carbocycles. The first-order valence-electron chi connectivity index (χ1n) is 36.2. The van der Waals surface area contributed by atoms with E-state index in [1.165, 1.54) is 51.4 Å². The van der Waals surface area contributed by atoms with Gasteiger partial charge in [0.15, 0.2) is 0 Å². The Morgan fingerprint density at radius 3 is 0.372 bits per heavy atom. The van der Waals surface area contributed by atoms with Crippen molar-refractivity contribution in [3.63, 3.8) is 0 Å². The molecule has 0 amide bonds. The van der Waals surface area contributed by atoms with Crippen LogP contribution >= 0.6 is 0 Å². The van der Waals surface area contributed by atoms with Crippen LogP contribution in [0.25, 0.3) is 66.8 Å². The first-order chi connectivity index (χ1) is 53.7. The van der Waals surface area contributed by atoms with Crippen molar-refractivity contribution in [3.05, 3.63) is 361 Å². The van der Waals surface area contributed by atoms with E-state index in [9.17, 15) is 59.4 Å². The smallest absolute Gasteiger partial charge is 0.545 e. The molecule has 19 heteroatoms. The SMILES string of the molecule is C1CCOC1.C1CCOC1.C1CCOC1.C1CCOC1.O=C([O-])c1ccccc1-c1ccccc1.O=C([O-])c1ccccc1-c1ccccc1.O=C([O-])c1ccccc1-c1ccccc1.O=C([O-])c1ccccc1-c1ccccc1.O=C([O-])c1ccccc1-c1ccccc1.O=C([O-])c1ccccc1-c1ccccc1.[Fe+2].[Fe+2].[Fe+2]. The van der Waals surface area contributed by atoms with Gasteiger partial charge in [-0.25, -0.2) is 0 Å². The number of carbonyl (C=O) groups is 6. The normalized spacial score (nSPS) is 12.1. The number of hydrogen-bond donors (Lipinski definition) is 0. The minimum Gasteiger partial charge on any atom is -0.545 e. The molecule has 0 atom stereocenters. The van der Waals surface area contributed by atoms with Gasteiger partial charge in [0.2, 0.25) is 0 Å². The molecule has 12 aromatic carbocycles. The molecule has 4 aliphatic heterocycles. The van der Waals surface area contributed by atoms with E-state index in [0.717, 1.165) is 86.2 Å². The molecule has 4 aliphatic rings. The fraction of sp³-hybridized carbons (Fsp3) is 0.170. The fourth-order valence-electron chi connectivity index (χ4n) is 11.2. The molecule has 16 nitrogen and oxygen atoms in total. The summed E-state index contributed by atoms with van der Waals surface area (Å²) in [4.78, 5) is 65.3. The van der Waals surface area contributed by atoms with Crippen molar-refractivity contribution in [2.75, 3.05) is 52.9 Å². The molecular formula is C94H86Fe3O16. The van der Waals surface area contributed by atoms with Crippen molar-refractivity contribution in [1.29, 1.82) is 0 Å². The molecule has 0 bridgehead atoms. The number of carboxylic acid groups (broad SMARTS) is 6. The molecule has 113 heavy (non-hydrogen) atoms. The van der Waals surface area contributed by atoms with Gasteiger partial charge in [0.05, 0.1) is 35.8 Å². The van der Waals surface area contributed by atoms with Gasteiger partial charge in [0.25, 0.3) is 0 Å². The monoisotopic (exact) mass is 1640 g/mol. The standard InChI is InChI=1S/6C13H10O2.4C4H8O.3Fe/c6*14-13(15)12-9-5-4-8-11(12)10-6-2-1-3-7-10;4*1-2-4-5-3-1;;;/h6*1-9H,(H,14,15);4*1-4H2;;;/q;;;;;;;;;;3*+2/p-6. The molecule has 0 aromatic heterocycles. The molecule has 4 heterocycles. The molecule has 0 radical (unpaired) electrons. The Morgan fingerprint density at radius 2 is 0.274 bits per heavy atom. The maximum Gasteiger partial charge on any atom is 2.00 e. The number of benzene rings is 12. The van der Waals surface area contributed by atoms with Crippen molar-refractivity contribution >= 4 is 35.8 Å². The van der Waals surface area contributed by atoms with E-state index in [0.29, 0.717) is 33.4 Å². The molecule has 0 N–H and O–H groups in total. The third kappa shape index (κ3) is 33.8. The Labute approximate surface area is 692 Å². The summed E-state index contributed by atoms with van der Waals surface area (Å²) >= 11 is 0. The minimum atomic E-state index is -1.14. The number of aromatic carboxylic acids is 6. The summed E-state index contributed by atoms with van der Waals surface area (Å²) in [6, 6.07) is 97.4. The average Bonchev–Trinajstić information content (AvgIpc) is 1.87. The number of rotatable bonds is 12. The van der Waals surface area contributed by atoms with Crippen LogP contribution in [0.4, 0.5) is 0 Å². The van der Waals surface area contributed by atoms with Gasteiger partial charge in [-0.05, 0) is 118 Å². The summed E-state index contributed by atoms with van der Waals surface area (Å²) in [5.74, 6) is -6.86. The van der Waals surface area contributed by atoms with Gasteiger partial charge >= 0.3 is 51.2 Å². The van der Waals surface area contributed by atoms with Crippen LogP contribution < -0.4 is 30.6 Å². The summed E-state index contributed by atoms with van der Waals surface area (Å²) in [5, 5.41) is 65.3. The molecule has 0 unspecified atom stereocenters. The third-order valence-electron chi connectivity index (χ3n) is 16.7. The van der Waals surface area contributed by atoms with Crippen LogP contribution in [0.5, 0.6) is 0 Å². The van der Waals surface area contributed by atoms with Crippen LogP contribution in [0.3, 0.4) is 0 Å². The van der Waals surface area contributed by atoms with Crippen LogP contribution in [-0.2, 0) is 70.2 Å². The van der Waals surface area contributed by atoms with Gasteiger partial charge in [-0.1, -0.05) is 328 Å². The van der Waals surface area contributed by atoms with Crippen LogP contribution in [-0.4, -0.2) is 88.7 Å². The molecular weight excluding hydrogens is 1550 g/mol. The third-order valence-corrected chi connectivity index (χ3v) is 16.7. The summed E-state index contributed by atoms with van der Waals surface area (Å²) in [6.07, 6.45) is 10.2. The zero-order valence-electron chi connectivity index (χ0n) is 62.1. The van der Waals surface area contributed by atoms with E-state index in [2.05, 4.69) is 0 Å². The van der Waals surface area contributed by atoms with Crippen molar-refractivity contribution in [2.24, 2.45) is 0 Å². The predicted molar refractivity (Wildman–Crippen MR) is 417 cm³/mol. The maximum atomic E-state index is 10.9. The topological polar surface area (TPSA) is 278 Å². The molecule has 16 rings (SSSR count). The number of carbonyl (C=O) groups excluding carboxylic acids is 6. The first-order valence-corrected chi connectivity index (χ1v) is 36.2. The number of carboxylic acids is 6. The van der Waals surface area contributed by atoms with Crippen LogP contribution in [0, 0.1) is 0 Å². The second-order valence-electron chi connectivity index (χ2n) is 24.5. The maximum absolute atomic E-state index is 10.9. The molecule has 0 saturated carbocycles. The Morgan fingerprint density at radius 1 is 0.168 bits per heavy atom. The quantitative estimate of drug-likeness (QED) is 0.103. The van der Waals surface area contributed by atoms with Gasteiger partial charge in [-0.2, -0.15) is 0 Å². The average molecular weight is 1640 g/mol. The predicted octanol–water partition coefficient (Wildman–Crippen LogP) is 13.5. The van der Waals surface area contributed by atoms with Gasteiger partial charge in [-0.15, -0.1) is 0 Å². The Kier molecular flexibility index (Phi) is 46.1. The van der Waals surface area contributed by atoms with E-state index in [-0.39, 0.29) is 84.6 Å². The zero-order valence-corrected chi connectivity index (χ0v) is 65.4. The number of ether oxygens (including phenoxy) is 4. The molecule has 4 fully saturated rings. The Balaban J connectivity index is 0.000000270. The van der Waals surface area contributed by atoms with Crippen LogP contribution in [0.15, 0.2) is 328 Å². The van der Waals surface area contributed by atoms with Gasteiger partial charge < -0.3 is 78.4 Å². The second kappa shape index (κ2) is 55.3. The molecule has 582 valence electrons. The van der Waals surface area contributed by atoms with Crippen LogP contribution in [0.1, 0.15) is 114 Å². The summed E-state index contributed by atoms with van der Waals surface area (Å²) < 4.78 is 19.8. The van der Waals surface area contributed by atoms with E-state index >= 15 is 0 Å². The van der Waals surface area contributed by atoms with E-state index in [1.807, 2.05) is 218 Å². The van der Waals surface area contributed by atoms with Gasteiger partial charge in [-0.3, -0.25) is 0 Å². The van der Waals surface area contributed by atoms with Crippen molar-refractivity contribution in [1.82, 2.24) is 0 Å². The fourth-order valence-corrected chi connectivity index (χ4v) is 11.2. The molecule has 4 saturated heterocycles. The largest absolute Gasteiger partial charge is 2.00 e. The van der Waals surface area contributed by atoms with Crippen molar-refractivity contribution in [3.8, 4) is 66.8 Å². The minimum absolute atomic E-state index is 0. The van der Waals surface area contributed by atoms with Crippen molar-refractivity contribution < 1.29 is 130 Å². The van der Waals surface area contributed by atoms with E-state index in [4.69, 9.17) is 18.9 Å². The van der Waals surface area contributed by atoms with Gasteiger partial charge in [0, 0.05) is 86.2 Å². The molecule has 12 aromatic rings. The van der Waals surface area contributed by atoms with Crippen LogP contribution in [0.2, 0.25) is 0 Å².